The summed E-state index contributed by atoms with van der Waals surface area (Å²) < 4.78 is 25.9. The molecule has 1 aromatic rings. The molecule has 0 bridgehead atoms. The highest BCUT2D eigenvalue weighted by Gasteiger charge is 2.29. The first kappa shape index (κ1) is 13.9. The maximum absolute atomic E-state index is 11.7. The molecular formula is C13H18N2O3S. The third-order valence-corrected chi connectivity index (χ3v) is 4.74. The minimum absolute atomic E-state index is 0.0375. The smallest absolute Gasteiger partial charge is 0.235 e. The Morgan fingerprint density at radius 2 is 1.68 bits per heavy atom. The Labute approximate surface area is 113 Å². The van der Waals surface area contributed by atoms with Crippen LogP contribution in [0.4, 0.5) is 11.4 Å². The van der Waals surface area contributed by atoms with Gasteiger partial charge in [0.2, 0.25) is 15.9 Å². The molecule has 5 nitrogen and oxygen atoms in total. The molecule has 19 heavy (non-hydrogen) atoms. The van der Waals surface area contributed by atoms with Crippen LogP contribution in [0.1, 0.15) is 26.7 Å². The zero-order valence-corrected chi connectivity index (χ0v) is 11.8. The summed E-state index contributed by atoms with van der Waals surface area (Å²) in [6.45, 7) is 3.24. The molecule has 1 amide bonds. The van der Waals surface area contributed by atoms with E-state index in [1.54, 1.807) is 38.1 Å². The maximum atomic E-state index is 11.7. The summed E-state index contributed by atoms with van der Waals surface area (Å²) in [6.07, 6.45) is 1.91. The van der Waals surface area contributed by atoms with Crippen molar-refractivity contribution in [1.29, 1.82) is 0 Å². The van der Waals surface area contributed by atoms with Crippen molar-refractivity contribution in [3.8, 4) is 0 Å². The summed E-state index contributed by atoms with van der Waals surface area (Å²) in [5.41, 5.74) is 1.18. The molecule has 1 aliphatic carbocycles. The third-order valence-electron chi connectivity index (χ3n) is 2.98. The Hall–Kier alpha value is -1.56. The molecule has 1 saturated carbocycles. The highest BCUT2D eigenvalue weighted by atomic mass is 32.2. The van der Waals surface area contributed by atoms with Crippen molar-refractivity contribution in [3.05, 3.63) is 24.3 Å². The summed E-state index contributed by atoms with van der Waals surface area (Å²) in [7, 11) is -3.33. The van der Waals surface area contributed by atoms with Gasteiger partial charge in [0.05, 0.1) is 5.25 Å². The highest BCUT2D eigenvalue weighted by molar-refractivity contribution is 7.93. The summed E-state index contributed by atoms with van der Waals surface area (Å²) >= 11 is 0. The zero-order valence-electron chi connectivity index (χ0n) is 11.0. The maximum Gasteiger partial charge on any atom is 0.235 e. The van der Waals surface area contributed by atoms with E-state index in [4.69, 9.17) is 0 Å². The van der Waals surface area contributed by atoms with E-state index in [2.05, 4.69) is 10.0 Å². The molecule has 0 heterocycles. The van der Waals surface area contributed by atoms with Gasteiger partial charge in [-0.2, -0.15) is 0 Å². The number of hydrogen-bond acceptors (Lipinski definition) is 3. The van der Waals surface area contributed by atoms with Gasteiger partial charge >= 0.3 is 0 Å². The quantitative estimate of drug-likeness (QED) is 0.869. The lowest BCUT2D eigenvalue weighted by molar-refractivity contribution is -0.117. The largest absolute Gasteiger partial charge is 0.326 e. The zero-order chi connectivity index (χ0) is 14.0. The van der Waals surface area contributed by atoms with Gasteiger partial charge in [0.15, 0.2) is 0 Å². The average Bonchev–Trinajstić information content (AvgIpc) is 3.15. The number of nitrogens with one attached hydrogen (secondary N) is 2. The summed E-state index contributed by atoms with van der Waals surface area (Å²) in [4.78, 5) is 11.6. The fraction of sp³-hybridized carbons (Fsp3) is 0.462. The normalized spacial score (nSPS) is 15.3. The van der Waals surface area contributed by atoms with Crippen LogP contribution < -0.4 is 10.0 Å². The number of carbonyl (C=O) groups excluding carboxylic acids is 1. The lowest BCUT2D eigenvalue weighted by Gasteiger charge is -2.11. The van der Waals surface area contributed by atoms with Crippen molar-refractivity contribution >= 4 is 27.3 Å². The van der Waals surface area contributed by atoms with E-state index in [1.807, 2.05) is 0 Å². The lowest BCUT2D eigenvalue weighted by Crippen LogP contribution is -2.22. The predicted octanol–water partition coefficient (Wildman–Crippen LogP) is 2.19. The number of sulfonamides is 1. The van der Waals surface area contributed by atoms with Crippen molar-refractivity contribution in [2.24, 2.45) is 5.92 Å². The van der Waals surface area contributed by atoms with Gasteiger partial charge in [-0.1, -0.05) is 0 Å². The van der Waals surface area contributed by atoms with Gasteiger partial charge in [-0.15, -0.1) is 0 Å². The van der Waals surface area contributed by atoms with Crippen molar-refractivity contribution < 1.29 is 13.2 Å². The Bertz CT molecular complexity index is 560. The average molecular weight is 282 g/mol. The number of benzene rings is 1. The summed E-state index contributed by atoms with van der Waals surface area (Å²) in [5.74, 6) is 0.189. The summed E-state index contributed by atoms with van der Waals surface area (Å²) in [5, 5.41) is 2.32. The van der Waals surface area contributed by atoms with Crippen LogP contribution >= 0.6 is 0 Å². The molecule has 2 N–H and O–H groups in total. The first-order valence-corrected chi connectivity index (χ1v) is 7.85. The van der Waals surface area contributed by atoms with Gasteiger partial charge < -0.3 is 5.32 Å². The monoisotopic (exact) mass is 282 g/mol. The molecule has 2 rings (SSSR count). The first-order chi connectivity index (χ1) is 8.88. The van der Waals surface area contributed by atoms with Gasteiger partial charge in [-0.25, -0.2) is 8.42 Å². The number of amides is 1. The van der Waals surface area contributed by atoms with Gasteiger partial charge in [0.25, 0.3) is 0 Å². The van der Waals surface area contributed by atoms with E-state index >= 15 is 0 Å². The number of carbonyl (C=O) groups is 1. The second kappa shape index (κ2) is 5.21. The van der Waals surface area contributed by atoms with Crippen LogP contribution in [0.5, 0.6) is 0 Å². The van der Waals surface area contributed by atoms with Crippen LogP contribution in [0.25, 0.3) is 0 Å². The van der Waals surface area contributed by atoms with Gasteiger partial charge in [0, 0.05) is 17.3 Å². The van der Waals surface area contributed by atoms with E-state index in [9.17, 15) is 13.2 Å². The number of rotatable bonds is 5. The van der Waals surface area contributed by atoms with Crippen LogP contribution in [0.2, 0.25) is 0 Å². The second-order valence-corrected chi connectivity index (χ2v) is 7.27. The van der Waals surface area contributed by atoms with Gasteiger partial charge in [0.1, 0.15) is 0 Å². The molecule has 0 atom stereocenters. The molecule has 0 unspecified atom stereocenters. The van der Waals surface area contributed by atoms with Crippen LogP contribution in [0.3, 0.4) is 0 Å². The van der Waals surface area contributed by atoms with Crippen LogP contribution in [0, 0.1) is 5.92 Å². The Kier molecular flexibility index (Phi) is 3.80. The van der Waals surface area contributed by atoms with E-state index in [0.717, 1.165) is 12.8 Å². The van der Waals surface area contributed by atoms with E-state index in [1.165, 1.54) is 0 Å². The van der Waals surface area contributed by atoms with Crippen molar-refractivity contribution in [1.82, 2.24) is 0 Å². The minimum Gasteiger partial charge on any atom is -0.326 e. The molecule has 1 aromatic carbocycles. The SMILES string of the molecule is CC(C)S(=O)(=O)Nc1ccc(NC(=O)C2CC2)cc1. The topological polar surface area (TPSA) is 75.3 Å². The number of hydrogen-bond donors (Lipinski definition) is 2. The molecule has 0 spiro atoms. The minimum atomic E-state index is -3.33. The Morgan fingerprint density at radius 1 is 1.16 bits per heavy atom. The standard InChI is InChI=1S/C13H18N2O3S/c1-9(2)19(17,18)15-12-7-5-11(6-8-12)14-13(16)10-3-4-10/h5-10,15H,3-4H2,1-2H3,(H,14,16). The van der Waals surface area contributed by atoms with Crippen LogP contribution in [-0.2, 0) is 14.8 Å². The molecule has 1 fully saturated rings. The Balaban J connectivity index is 2.00. The van der Waals surface area contributed by atoms with E-state index in [0.29, 0.717) is 11.4 Å². The van der Waals surface area contributed by atoms with E-state index in [-0.39, 0.29) is 11.8 Å². The molecular weight excluding hydrogens is 264 g/mol. The highest BCUT2D eigenvalue weighted by Crippen LogP contribution is 2.30. The molecule has 0 aliphatic heterocycles. The van der Waals surface area contributed by atoms with Crippen molar-refractivity contribution in [2.75, 3.05) is 10.0 Å². The van der Waals surface area contributed by atoms with Crippen molar-refractivity contribution in [2.45, 2.75) is 31.9 Å². The molecule has 1 aliphatic rings. The second-order valence-electron chi connectivity index (χ2n) is 5.04. The van der Waals surface area contributed by atoms with Crippen molar-refractivity contribution in [3.63, 3.8) is 0 Å². The van der Waals surface area contributed by atoms with Crippen LogP contribution in [-0.4, -0.2) is 19.6 Å². The van der Waals surface area contributed by atoms with Crippen LogP contribution in [0.15, 0.2) is 24.3 Å². The molecule has 6 heteroatoms. The fourth-order valence-corrected chi connectivity index (χ4v) is 2.19. The van der Waals surface area contributed by atoms with E-state index < -0.39 is 15.3 Å². The van der Waals surface area contributed by atoms with Gasteiger partial charge in [-0.05, 0) is 51.0 Å². The summed E-state index contributed by atoms with van der Waals surface area (Å²) in [6, 6.07) is 6.67. The first-order valence-electron chi connectivity index (χ1n) is 6.31. The molecule has 104 valence electrons. The fourth-order valence-electron chi connectivity index (χ4n) is 1.49. The lowest BCUT2D eigenvalue weighted by atomic mass is 10.2. The molecule has 0 aromatic heterocycles. The molecule has 0 saturated heterocycles. The molecule has 0 radical (unpaired) electrons. The third kappa shape index (κ3) is 3.70. The number of anilines is 2. The Morgan fingerprint density at radius 3 is 2.16 bits per heavy atom. The van der Waals surface area contributed by atoms with Gasteiger partial charge in [-0.3, -0.25) is 9.52 Å². The predicted molar refractivity (Wildman–Crippen MR) is 75.5 cm³/mol.